The second kappa shape index (κ2) is 6.93. The van der Waals surface area contributed by atoms with Crippen LogP contribution in [-0.2, 0) is 0 Å². The van der Waals surface area contributed by atoms with Crippen molar-refractivity contribution in [2.75, 3.05) is 6.61 Å². The molecule has 1 unspecified atom stereocenters. The number of nitrogens with zero attached hydrogens (tertiary/aromatic N) is 1. The molecule has 0 aliphatic heterocycles. The smallest absolute Gasteiger partial charge is 0.124 e. The molecule has 0 aliphatic rings. The van der Waals surface area contributed by atoms with Gasteiger partial charge in [-0.25, -0.2) is 0 Å². The lowest BCUT2D eigenvalue weighted by atomic mass is 10.1. The van der Waals surface area contributed by atoms with Gasteiger partial charge >= 0.3 is 0 Å². The van der Waals surface area contributed by atoms with E-state index < -0.39 is 0 Å². The molecular weight excluding hydrogens is 212 g/mol. The van der Waals surface area contributed by atoms with Crippen molar-refractivity contribution in [1.82, 2.24) is 0 Å². The molecule has 0 radical (unpaired) electrons. The minimum Gasteiger partial charge on any atom is -0.493 e. The molecule has 3 heteroatoms. The highest BCUT2D eigenvalue weighted by Gasteiger charge is 2.08. The molecule has 1 aromatic carbocycles. The SMILES string of the molecule is Cc1ccc(OCCCCC#N)c(C(C)N)c1. The Morgan fingerprint density at radius 3 is 2.82 bits per heavy atom. The van der Waals surface area contributed by atoms with E-state index in [9.17, 15) is 0 Å². The lowest BCUT2D eigenvalue weighted by Crippen LogP contribution is -2.09. The predicted molar refractivity (Wildman–Crippen MR) is 68.7 cm³/mol. The molecule has 1 rings (SSSR count). The quantitative estimate of drug-likeness (QED) is 0.767. The Kier molecular flexibility index (Phi) is 5.51. The highest BCUT2D eigenvalue weighted by Crippen LogP contribution is 2.25. The van der Waals surface area contributed by atoms with Gasteiger partial charge in [0, 0.05) is 18.0 Å². The van der Waals surface area contributed by atoms with Crippen molar-refractivity contribution in [3.63, 3.8) is 0 Å². The lowest BCUT2D eigenvalue weighted by molar-refractivity contribution is 0.303. The third-order valence-electron chi connectivity index (χ3n) is 2.60. The van der Waals surface area contributed by atoms with Gasteiger partial charge in [0.1, 0.15) is 5.75 Å². The van der Waals surface area contributed by atoms with Crippen LogP contribution in [0.1, 0.15) is 43.4 Å². The molecule has 1 atom stereocenters. The first-order chi connectivity index (χ1) is 8.15. The Morgan fingerprint density at radius 1 is 1.41 bits per heavy atom. The van der Waals surface area contributed by atoms with Gasteiger partial charge in [-0.2, -0.15) is 5.26 Å². The molecule has 0 saturated carbocycles. The molecule has 0 aliphatic carbocycles. The summed E-state index contributed by atoms with van der Waals surface area (Å²) in [5, 5.41) is 8.42. The zero-order valence-electron chi connectivity index (χ0n) is 10.6. The monoisotopic (exact) mass is 232 g/mol. The zero-order valence-corrected chi connectivity index (χ0v) is 10.6. The molecule has 0 bridgehead atoms. The largest absolute Gasteiger partial charge is 0.493 e. The molecule has 1 aromatic rings. The van der Waals surface area contributed by atoms with Crippen molar-refractivity contribution in [3.05, 3.63) is 29.3 Å². The van der Waals surface area contributed by atoms with Crippen LogP contribution in [0.2, 0.25) is 0 Å². The van der Waals surface area contributed by atoms with Crippen molar-refractivity contribution in [3.8, 4) is 11.8 Å². The third-order valence-corrected chi connectivity index (χ3v) is 2.60. The van der Waals surface area contributed by atoms with E-state index in [0.717, 1.165) is 24.2 Å². The van der Waals surface area contributed by atoms with Crippen molar-refractivity contribution in [2.24, 2.45) is 5.73 Å². The van der Waals surface area contributed by atoms with Crippen LogP contribution in [-0.4, -0.2) is 6.61 Å². The van der Waals surface area contributed by atoms with E-state index in [0.29, 0.717) is 13.0 Å². The molecule has 3 nitrogen and oxygen atoms in total. The van der Waals surface area contributed by atoms with E-state index in [1.165, 1.54) is 5.56 Å². The van der Waals surface area contributed by atoms with Crippen LogP contribution in [0.4, 0.5) is 0 Å². The van der Waals surface area contributed by atoms with E-state index in [4.69, 9.17) is 15.7 Å². The molecular formula is C14H20N2O. The third kappa shape index (κ3) is 4.46. The van der Waals surface area contributed by atoms with Crippen LogP contribution in [0.5, 0.6) is 5.75 Å². The zero-order chi connectivity index (χ0) is 12.7. The Labute approximate surface area is 103 Å². The fraction of sp³-hybridized carbons (Fsp3) is 0.500. The van der Waals surface area contributed by atoms with Crippen molar-refractivity contribution in [2.45, 2.75) is 39.2 Å². The summed E-state index contributed by atoms with van der Waals surface area (Å²) in [6.07, 6.45) is 2.38. The summed E-state index contributed by atoms with van der Waals surface area (Å²) in [6, 6.07) is 8.16. The molecule has 0 amide bonds. The molecule has 0 fully saturated rings. The number of nitrogens with two attached hydrogens (primary N) is 1. The average Bonchev–Trinajstić information content (AvgIpc) is 2.30. The van der Waals surface area contributed by atoms with Gasteiger partial charge in [0.05, 0.1) is 12.7 Å². The number of nitriles is 1. The van der Waals surface area contributed by atoms with Crippen LogP contribution >= 0.6 is 0 Å². The molecule has 17 heavy (non-hydrogen) atoms. The first-order valence-corrected chi connectivity index (χ1v) is 6.01. The fourth-order valence-corrected chi connectivity index (χ4v) is 1.64. The van der Waals surface area contributed by atoms with E-state index in [1.54, 1.807) is 0 Å². The van der Waals surface area contributed by atoms with E-state index >= 15 is 0 Å². The number of hydrogen-bond donors (Lipinski definition) is 1. The fourth-order valence-electron chi connectivity index (χ4n) is 1.64. The minimum absolute atomic E-state index is 0.0241. The van der Waals surface area contributed by atoms with Gasteiger partial charge in [0.15, 0.2) is 0 Å². The van der Waals surface area contributed by atoms with Crippen LogP contribution in [0, 0.1) is 18.3 Å². The molecule has 0 heterocycles. The van der Waals surface area contributed by atoms with Crippen LogP contribution < -0.4 is 10.5 Å². The average molecular weight is 232 g/mol. The summed E-state index contributed by atoms with van der Waals surface area (Å²) < 4.78 is 5.71. The van der Waals surface area contributed by atoms with Gasteiger partial charge in [-0.1, -0.05) is 17.7 Å². The summed E-state index contributed by atoms with van der Waals surface area (Å²) in [5.41, 5.74) is 8.15. The predicted octanol–water partition coefficient (Wildman–Crippen LogP) is 3.09. The maximum atomic E-state index is 8.42. The highest BCUT2D eigenvalue weighted by atomic mass is 16.5. The normalized spacial score (nSPS) is 11.9. The van der Waals surface area contributed by atoms with E-state index in [-0.39, 0.29) is 6.04 Å². The Morgan fingerprint density at radius 2 is 2.18 bits per heavy atom. The van der Waals surface area contributed by atoms with Crippen LogP contribution in [0.15, 0.2) is 18.2 Å². The molecule has 2 N–H and O–H groups in total. The number of aryl methyl sites for hydroxylation is 1. The Balaban J connectivity index is 2.55. The summed E-state index contributed by atoms with van der Waals surface area (Å²) in [4.78, 5) is 0. The van der Waals surface area contributed by atoms with Crippen LogP contribution in [0.3, 0.4) is 0 Å². The van der Waals surface area contributed by atoms with Gasteiger partial charge in [-0.05, 0) is 32.8 Å². The molecule has 0 aromatic heterocycles. The summed E-state index contributed by atoms with van der Waals surface area (Å²) >= 11 is 0. The first kappa shape index (κ1) is 13.5. The highest BCUT2D eigenvalue weighted by molar-refractivity contribution is 5.38. The second-order valence-corrected chi connectivity index (χ2v) is 4.29. The Hall–Kier alpha value is -1.53. The van der Waals surface area contributed by atoms with E-state index in [1.807, 2.05) is 26.0 Å². The summed E-state index contributed by atoms with van der Waals surface area (Å²) in [5.74, 6) is 0.863. The maximum Gasteiger partial charge on any atom is 0.124 e. The standard InChI is InChI=1S/C14H20N2O/c1-11-6-7-14(13(10-11)12(2)16)17-9-5-3-4-8-15/h6-7,10,12H,3-5,9,16H2,1-2H3. The number of ether oxygens (including phenoxy) is 1. The van der Waals surface area contributed by atoms with Crippen molar-refractivity contribution >= 4 is 0 Å². The number of hydrogen-bond acceptors (Lipinski definition) is 3. The molecule has 92 valence electrons. The van der Waals surface area contributed by atoms with Gasteiger partial charge in [-0.3, -0.25) is 0 Å². The number of unbranched alkanes of at least 4 members (excludes halogenated alkanes) is 2. The van der Waals surface area contributed by atoms with Gasteiger partial charge in [-0.15, -0.1) is 0 Å². The number of rotatable bonds is 6. The second-order valence-electron chi connectivity index (χ2n) is 4.29. The topological polar surface area (TPSA) is 59.0 Å². The lowest BCUT2D eigenvalue weighted by Gasteiger charge is -2.14. The molecule has 0 saturated heterocycles. The van der Waals surface area contributed by atoms with Gasteiger partial charge in [0.25, 0.3) is 0 Å². The van der Waals surface area contributed by atoms with Gasteiger partial charge < -0.3 is 10.5 Å². The summed E-state index contributed by atoms with van der Waals surface area (Å²) in [7, 11) is 0. The number of benzene rings is 1. The van der Waals surface area contributed by atoms with Crippen LogP contribution in [0.25, 0.3) is 0 Å². The van der Waals surface area contributed by atoms with Crippen molar-refractivity contribution in [1.29, 1.82) is 5.26 Å². The molecule has 0 spiro atoms. The summed E-state index contributed by atoms with van der Waals surface area (Å²) in [6.45, 7) is 4.64. The first-order valence-electron chi connectivity index (χ1n) is 6.01. The Bertz CT molecular complexity index is 394. The maximum absolute atomic E-state index is 8.42. The van der Waals surface area contributed by atoms with Crippen molar-refractivity contribution < 1.29 is 4.74 Å². The minimum atomic E-state index is -0.0241. The van der Waals surface area contributed by atoms with E-state index in [2.05, 4.69) is 12.1 Å². The van der Waals surface area contributed by atoms with Gasteiger partial charge in [0.2, 0.25) is 0 Å².